The number of nitrogen functional groups attached to an aromatic ring is 1. The molecular formula is C15H14ClN3O. The first kappa shape index (κ1) is 12.8. The molecule has 1 heterocycles. The Balaban J connectivity index is 1.86. The van der Waals surface area contributed by atoms with Gasteiger partial charge < -0.3 is 15.1 Å². The quantitative estimate of drug-likeness (QED) is 0.746. The third-order valence-corrected chi connectivity index (χ3v) is 3.27. The van der Waals surface area contributed by atoms with Gasteiger partial charge in [-0.15, -0.1) is 0 Å². The predicted octanol–water partition coefficient (Wildman–Crippen LogP) is 3.70. The minimum absolute atomic E-state index is 0.561. The van der Waals surface area contributed by atoms with Crippen LogP contribution >= 0.6 is 11.6 Å². The number of aromatic nitrogens is 1. The molecule has 4 nitrogen and oxygen atoms in total. The average Bonchev–Trinajstić information content (AvgIpc) is 2.81. The van der Waals surface area contributed by atoms with E-state index in [1.165, 1.54) is 0 Å². The number of hydrogen-bond donors (Lipinski definition) is 1. The first-order valence-electron chi connectivity index (χ1n) is 6.23. The van der Waals surface area contributed by atoms with Gasteiger partial charge in [-0.1, -0.05) is 23.7 Å². The van der Waals surface area contributed by atoms with Crippen molar-refractivity contribution >= 4 is 34.4 Å². The van der Waals surface area contributed by atoms with E-state index in [0.29, 0.717) is 18.2 Å². The zero-order valence-corrected chi connectivity index (χ0v) is 11.8. The lowest BCUT2D eigenvalue weighted by Gasteiger charge is -2.14. The molecule has 0 aliphatic rings. The molecule has 0 amide bonds. The van der Waals surface area contributed by atoms with Gasteiger partial charge in [0.05, 0.1) is 0 Å². The molecule has 0 atom stereocenters. The number of hydrogen-bond acceptors (Lipinski definition) is 4. The van der Waals surface area contributed by atoms with Crippen LogP contribution in [0.3, 0.4) is 0 Å². The van der Waals surface area contributed by atoms with Crippen LogP contribution in [0.2, 0.25) is 5.02 Å². The maximum absolute atomic E-state index is 5.98. The van der Waals surface area contributed by atoms with Crippen molar-refractivity contribution in [3.8, 4) is 0 Å². The third-order valence-electron chi connectivity index (χ3n) is 3.04. The summed E-state index contributed by atoms with van der Waals surface area (Å²) in [6.07, 6.45) is 0. The van der Waals surface area contributed by atoms with Gasteiger partial charge in [0, 0.05) is 24.3 Å². The molecule has 0 saturated heterocycles. The van der Waals surface area contributed by atoms with Crippen LogP contribution in [0, 0.1) is 0 Å². The first-order chi connectivity index (χ1) is 9.61. The fourth-order valence-corrected chi connectivity index (χ4v) is 2.29. The summed E-state index contributed by atoms with van der Waals surface area (Å²) in [5.41, 5.74) is 9.00. The van der Waals surface area contributed by atoms with Crippen molar-refractivity contribution in [2.45, 2.75) is 6.54 Å². The second kappa shape index (κ2) is 5.06. The molecule has 0 saturated carbocycles. The van der Waals surface area contributed by atoms with Gasteiger partial charge >= 0.3 is 0 Å². The van der Waals surface area contributed by atoms with E-state index >= 15 is 0 Å². The van der Waals surface area contributed by atoms with Crippen molar-refractivity contribution in [1.82, 2.24) is 4.98 Å². The van der Waals surface area contributed by atoms with E-state index in [9.17, 15) is 0 Å². The topological polar surface area (TPSA) is 55.3 Å². The number of nitrogens with zero attached hydrogens (tertiary/aromatic N) is 2. The summed E-state index contributed by atoms with van der Waals surface area (Å²) in [5, 5.41) is 0.723. The highest BCUT2D eigenvalue weighted by Gasteiger charge is 2.11. The maximum atomic E-state index is 5.98. The number of nitrogens with two attached hydrogens (primary N) is 1. The van der Waals surface area contributed by atoms with Crippen LogP contribution in [0.1, 0.15) is 5.56 Å². The Morgan fingerprint density at radius 2 is 2.10 bits per heavy atom. The summed E-state index contributed by atoms with van der Waals surface area (Å²) < 4.78 is 5.71. The van der Waals surface area contributed by atoms with Crippen LogP contribution in [0.4, 0.5) is 11.7 Å². The molecule has 20 heavy (non-hydrogen) atoms. The van der Waals surface area contributed by atoms with Crippen molar-refractivity contribution in [3.05, 3.63) is 53.1 Å². The molecule has 5 heteroatoms. The molecule has 0 bridgehead atoms. The standard InChI is InChI=1S/C15H14ClN3O/c1-19(9-10-3-2-4-11(16)7-10)15-18-13-8-12(17)5-6-14(13)20-15/h2-8H,9,17H2,1H3. The lowest BCUT2D eigenvalue weighted by molar-refractivity contribution is 0.582. The van der Waals surface area contributed by atoms with Gasteiger partial charge in [0.25, 0.3) is 6.01 Å². The number of oxazole rings is 1. The smallest absolute Gasteiger partial charge is 0.298 e. The second-order valence-corrected chi connectivity index (χ2v) is 5.15. The average molecular weight is 288 g/mol. The van der Waals surface area contributed by atoms with Crippen LogP contribution in [0.15, 0.2) is 46.9 Å². The summed E-state index contributed by atoms with van der Waals surface area (Å²) >= 11 is 5.98. The Morgan fingerprint density at radius 1 is 1.25 bits per heavy atom. The summed E-state index contributed by atoms with van der Waals surface area (Å²) in [6, 6.07) is 13.7. The Bertz CT molecular complexity index is 754. The van der Waals surface area contributed by atoms with Gasteiger partial charge in [-0.3, -0.25) is 0 Å². The molecule has 0 radical (unpaired) electrons. The summed E-state index contributed by atoms with van der Waals surface area (Å²) in [7, 11) is 1.93. The van der Waals surface area contributed by atoms with Crippen molar-refractivity contribution in [3.63, 3.8) is 0 Å². The minimum Gasteiger partial charge on any atom is -0.423 e. The molecule has 2 aromatic carbocycles. The Morgan fingerprint density at radius 3 is 2.90 bits per heavy atom. The minimum atomic E-state index is 0.561. The third kappa shape index (κ3) is 2.56. The van der Waals surface area contributed by atoms with Gasteiger partial charge in [0.2, 0.25) is 0 Å². The largest absolute Gasteiger partial charge is 0.423 e. The molecule has 1 aromatic heterocycles. The lowest BCUT2D eigenvalue weighted by atomic mass is 10.2. The lowest BCUT2D eigenvalue weighted by Crippen LogP contribution is -2.16. The highest BCUT2D eigenvalue weighted by molar-refractivity contribution is 6.30. The van der Waals surface area contributed by atoms with Crippen molar-refractivity contribution < 1.29 is 4.42 Å². The van der Waals surface area contributed by atoms with Crippen molar-refractivity contribution in [2.75, 3.05) is 17.7 Å². The molecule has 0 aliphatic carbocycles. The van der Waals surface area contributed by atoms with E-state index in [2.05, 4.69) is 4.98 Å². The summed E-state index contributed by atoms with van der Waals surface area (Å²) in [4.78, 5) is 6.37. The number of halogens is 1. The van der Waals surface area contributed by atoms with Crippen LogP contribution < -0.4 is 10.6 Å². The fourth-order valence-electron chi connectivity index (χ4n) is 2.07. The molecule has 0 fully saturated rings. The van der Waals surface area contributed by atoms with Crippen LogP contribution in [-0.4, -0.2) is 12.0 Å². The normalized spacial score (nSPS) is 10.9. The van der Waals surface area contributed by atoms with Crippen LogP contribution in [0.5, 0.6) is 0 Å². The van der Waals surface area contributed by atoms with Crippen molar-refractivity contribution in [1.29, 1.82) is 0 Å². The van der Waals surface area contributed by atoms with Gasteiger partial charge in [-0.2, -0.15) is 4.98 Å². The molecular weight excluding hydrogens is 274 g/mol. The molecule has 0 spiro atoms. The second-order valence-electron chi connectivity index (χ2n) is 4.71. The van der Waals surface area contributed by atoms with E-state index in [0.717, 1.165) is 21.7 Å². The zero-order chi connectivity index (χ0) is 14.1. The Kier molecular flexibility index (Phi) is 3.24. The molecule has 3 rings (SSSR count). The number of rotatable bonds is 3. The monoisotopic (exact) mass is 287 g/mol. The summed E-state index contributed by atoms with van der Waals surface area (Å²) in [6.45, 7) is 0.670. The van der Waals surface area contributed by atoms with E-state index in [4.69, 9.17) is 21.8 Å². The fraction of sp³-hybridized carbons (Fsp3) is 0.133. The van der Waals surface area contributed by atoms with E-state index in [1.807, 2.05) is 42.3 Å². The number of benzene rings is 2. The maximum Gasteiger partial charge on any atom is 0.298 e. The Labute approximate surface area is 121 Å². The molecule has 3 aromatic rings. The van der Waals surface area contributed by atoms with Crippen LogP contribution in [0.25, 0.3) is 11.1 Å². The predicted molar refractivity (Wildman–Crippen MR) is 82.0 cm³/mol. The zero-order valence-electron chi connectivity index (χ0n) is 11.0. The van der Waals surface area contributed by atoms with Gasteiger partial charge in [-0.05, 0) is 35.9 Å². The number of anilines is 2. The van der Waals surface area contributed by atoms with E-state index < -0.39 is 0 Å². The Hall–Kier alpha value is -2.20. The van der Waals surface area contributed by atoms with Gasteiger partial charge in [0.1, 0.15) is 5.52 Å². The van der Waals surface area contributed by atoms with Crippen molar-refractivity contribution in [2.24, 2.45) is 0 Å². The number of fused-ring (bicyclic) bond motifs is 1. The van der Waals surface area contributed by atoms with Crippen LogP contribution in [-0.2, 0) is 6.54 Å². The highest BCUT2D eigenvalue weighted by atomic mass is 35.5. The SMILES string of the molecule is CN(Cc1cccc(Cl)c1)c1nc2cc(N)ccc2o1. The van der Waals surface area contributed by atoms with E-state index in [-0.39, 0.29) is 0 Å². The first-order valence-corrected chi connectivity index (χ1v) is 6.61. The molecule has 2 N–H and O–H groups in total. The molecule has 102 valence electrons. The van der Waals surface area contributed by atoms with Gasteiger partial charge in [0.15, 0.2) is 5.58 Å². The highest BCUT2D eigenvalue weighted by Crippen LogP contribution is 2.24. The van der Waals surface area contributed by atoms with Gasteiger partial charge in [-0.25, -0.2) is 0 Å². The summed E-state index contributed by atoms with van der Waals surface area (Å²) in [5.74, 6) is 0. The van der Waals surface area contributed by atoms with E-state index in [1.54, 1.807) is 12.1 Å². The molecule has 0 aliphatic heterocycles. The molecule has 0 unspecified atom stereocenters.